The monoisotopic (exact) mass is 291 g/mol. The molecule has 3 rings (SSSR count). The van der Waals surface area contributed by atoms with Crippen molar-refractivity contribution < 1.29 is 4.52 Å². The zero-order valence-corrected chi connectivity index (χ0v) is 13.3. The summed E-state index contributed by atoms with van der Waals surface area (Å²) >= 11 is 0. The van der Waals surface area contributed by atoms with Crippen LogP contribution in [0.25, 0.3) is 0 Å². The first-order valence-corrected chi connectivity index (χ1v) is 8.86. The Morgan fingerprint density at radius 3 is 2.38 bits per heavy atom. The lowest BCUT2D eigenvalue weighted by Gasteiger charge is -2.20. The van der Waals surface area contributed by atoms with E-state index in [9.17, 15) is 0 Å². The Balaban J connectivity index is 1.60. The van der Waals surface area contributed by atoms with Gasteiger partial charge in [-0.25, -0.2) is 0 Å². The van der Waals surface area contributed by atoms with Crippen LogP contribution in [0.2, 0.25) is 0 Å². The summed E-state index contributed by atoms with van der Waals surface area (Å²) in [4.78, 5) is 4.72. The fraction of sp³-hybridized carbons (Fsp3) is 0.882. The van der Waals surface area contributed by atoms with Crippen LogP contribution >= 0.6 is 0 Å². The van der Waals surface area contributed by atoms with Crippen molar-refractivity contribution in [1.82, 2.24) is 15.5 Å². The molecule has 1 N–H and O–H groups in total. The molecule has 2 aliphatic rings. The van der Waals surface area contributed by atoms with Gasteiger partial charge in [0.1, 0.15) is 0 Å². The first kappa shape index (κ1) is 15.0. The summed E-state index contributed by atoms with van der Waals surface area (Å²) in [5.41, 5.74) is 0. The third kappa shape index (κ3) is 3.85. The molecule has 1 aromatic rings. The number of likely N-dealkylation sites (N-methyl/N-ethyl adjacent to an activating group) is 1. The molecule has 4 nitrogen and oxygen atoms in total. The van der Waals surface area contributed by atoms with E-state index in [1.54, 1.807) is 0 Å². The van der Waals surface area contributed by atoms with E-state index in [1.165, 1.54) is 64.2 Å². The molecule has 21 heavy (non-hydrogen) atoms. The highest BCUT2D eigenvalue weighted by Crippen LogP contribution is 2.31. The lowest BCUT2D eigenvalue weighted by Crippen LogP contribution is -2.34. The lowest BCUT2D eigenvalue weighted by molar-refractivity contribution is 0.315. The zero-order chi connectivity index (χ0) is 14.5. The van der Waals surface area contributed by atoms with Gasteiger partial charge in [0.05, 0.1) is 0 Å². The van der Waals surface area contributed by atoms with Crippen LogP contribution in [0.1, 0.15) is 81.8 Å². The SMILES string of the molecule is CNC(Cc1nc(C2CCCCCC2)no1)C1CCCC1. The third-order valence-electron chi connectivity index (χ3n) is 5.44. The first-order valence-electron chi connectivity index (χ1n) is 8.86. The van der Waals surface area contributed by atoms with Crippen molar-refractivity contribution >= 4 is 0 Å². The molecule has 1 heterocycles. The zero-order valence-electron chi connectivity index (χ0n) is 13.3. The summed E-state index contributed by atoms with van der Waals surface area (Å²) < 4.78 is 5.55. The smallest absolute Gasteiger partial charge is 0.228 e. The van der Waals surface area contributed by atoms with E-state index >= 15 is 0 Å². The molecule has 1 atom stereocenters. The second-order valence-corrected chi connectivity index (χ2v) is 6.88. The minimum absolute atomic E-state index is 0.495. The Hall–Kier alpha value is -0.900. The number of nitrogens with one attached hydrogen (secondary N) is 1. The van der Waals surface area contributed by atoms with E-state index in [0.29, 0.717) is 12.0 Å². The molecule has 0 aliphatic heterocycles. The Kier molecular flexibility index (Phi) is 5.28. The lowest BCUT2D eigenvalue weighted by atomic mass is 9.95. The molecular weight excluding hydrogens is 262 g/mol. The van der Waals surface area contributed by atoms with E-state index in [2.05, 4.69) is 17.5 Å². The molecule has 2 saturated carbocycles. The molecule has 2 fully saturated rings. The summed E-state index contributed by atoms with van der Waals surface area (Å²) in [6, 6.07) is 0.495. The fourth-order valence-electron chi connectivity index (χ4n) is 4.11. The summed E-state index contributed by atoms with van der Waals surface area (Å²) in [5.74, 6) is 3.11. The minimum Gasteiger partial charge on any atom is -0.339 e. The Labute approximate surface area is 128 Å². The molecular formula is C17H29N3O. The summed E-state index contributed by atoms with van der Waals surface area (Å²) in [7, 11) is 2.06. The van der Waals surface area contributed by atoms with Crippen LogP contribution in [-0.2, 0) is 6.42 Å². The van der Waals surface area contributed by atoms with E-state index in [4.69, 9.17) is 9.51 Å². The van der Waals surface area contributed by atoms with Gasteiger partial charge in [-0.3, -0.25) is 0 Å². The van der Waals surface area contributed by atoms with E-state index < -0.39 is 0 Å². The molecule has 0 bridgehead atoms. The van der Waals surface area contributed by atoms with Gasteiger partial charge in [-0.1, -0.05) is 43.7 Å². The number of nitrogens with zero attached hydrogens (tertiary/aromatic N) is 2. The average molecular weight is 291 g/mol. The molecule has 2 aliphatic carbocycles. The maximum absolute atomic E-state index is 5.55. The Bertz CT molecular complexity index is 417. The van der Waals surface area contributed by atoms with E-state index in [-0.39, 0.29) is 0 Å². The molecule has 118 valence electrons. The van der Waals surface area contributed by atoms with Crippen LogP contribution in [-0.4, -0.2) is 23.2 Å². The summed E-state index contributed by atoms with van der Waals surface area (Å²) in [6.45, 7) is 0. The molecule has 0 aromatic carbocycles. The summed E-state index contributed by atoms with van der Waals surface area (Å²) in [6.07, 6.45) is 14.2. The van der Waals surface area contributed by atoms with Crippen molar-refractivity contribution in [2.45, 2.75) is 82.6 Å². The maximum atomic E-state index is 5.55. The summed E-state index contributed by atoms with van der Waals surface area (Å²) in [5, 5.41) is 7.75. The van der Waals surface area contributed by atoms with Gasteiger partial charge < -0.3 is 9.84 Å². The van der Waals surface area contributed by atoms with Gasteiger partial charge in [-0.05, 0) is 38.6 Å². The second-order valence-electron chi connectivity index (χ2n) is 6.88. The molecule has 0 saturated heterocycles. The molecule has 1 unspecified atom stereocenters. The standard InChI is InChI=1S/C17H29N3O/c1-18-15(13-8-6-7-9-13)12-16-19-17(20-21-16)14-10-4-2-3-5-11-14/h13-15,18H,2-12H2,1H3. The van der Waals surface area contributed by atoms with Crippen LogP contribution in [0.15, 0.2) is 4.52 Å². The fourth-order valence-corrected chi connectivity index (χ4v) is 4.11. The van der Waals surface area contributed by atoms with Crippen molar-refractivity contribution in [3.63, 3.8) is 0 Å². The van der Waals surface area contributed by atoms with Gasteiger partial charge in [0.2, 0.25) is 5.89 Å². The van der Waals surface area contributed by atoms with Gasteiger partial charge in [0.15, 0.2) is 5.82 Å². The highest BCUT2D eigenvalue weighted by atomic mass is 16.5. The van der Waals surface area contributed by atoms with E-state index in [0.717, 1.165) is 24.1 Å². The van der Waals surface area contributed by atoms with Crippen molar-refractivity contribution in [2.24, 2.45) is 5.92 Å². The molecule has 1 aromatic heterocycles. The van der Waals surface area contributed by atoms with Crippen LogP contribution < -0.4 is 5.32 Å². The van der Waals surface area contributed by atoms with E-state index in [1.807, 2.05) is 0 Å². The molecule has 0 amide bonds. The predicted octanol–water partition coefficient (Wildman–Crippen LogP) is 3.83. The normalized spacial score (nSPS) is 23.3. The van der Waals surface area contributed by atoms with Gasteiger partial charge in [0.25, 0.3) is 0 Å². The van der Waals surface area contributed by atoms with Crippen LogP contribution in [0, 0.1) is 5.92 Å². The number of aromatic nitrogens is 2. The predicted molar refractivity (Wildman–Crippen MR) is 83.3 cm³/mol. The highest BCUT2D eigenvalue weighted by Gasteiger charge is 2.26. The maximum Gasteiger partial charge on any atom is 0.228 e. The topological polar surface area (TPSA) is 51.0 Å². The van der Waals surface area contributed by atoms with Crippen LogP contribution in [0.3, 0.4) is 0 Å². The van der Waals surface area contributed by atoms with Crippen LogP contribution in [0.4, 0.5) is 0 Å². The van der Waals surface area contributed by atoms with Gasteiger partial charge in [0, 0.05) is 18.4 Å². The number of hydrogen-bond acceptors (Lipinski definition) is 4. The molecule has 4 heteroatoms. The van der Waals surface area contributed by atoms with Gasteiger partial charge in [-0.2, -0.15) is 4.98 Å². The minimum atomic E-state index is 0.495. The van der Waals surface area contributed by atoms with Crippen LogP contribution in [0.5, 0.6) is 0 Å². The van der Waals surface area contributed by atoms with Crippen molar-refractivity contribution in [3.05, 3.63) is 11.7 Å². The van der Waals surface area contributed by atoms with Crippen molar-refractivity contribution in [1.29, 1.82) is 0 Å². The molecule has 0 spiro atoms. The number of hydrogen-bond donors (Lipinski definition) is 1. The highest BCUT2D eigenvalue weighted by molar-refractivity contribution is 4.98. The van der Waals surface area contributed by atoms with Crippen molar-refractivity contribution in [3.8, 4) is 0 Å². The Morgan fingerprint density at radius 1 is 1.05 bits per heavy atom. The average Bonchev–Trinajstić information content (AvgIpc) is 3.12. The van der Waals surface area contributed by atoms with Crippen molar-refractivity contribution in [2.75, 3.05) is 7.05 Å². The van der Waals surface area contributed by atoms with Gasteiger partial charge >= 0.3 is 0 Å². The molecule has 0 radical (unpaired) electrons. The second kappa shape index (κ2) is 7.39. The Morgan fingerprint density at radius 2 is 1.71 bits per heavy atom. The quantitative estimate of drug-likeness (QED) is 0.838. The number of rotatable bonds is 5. The van der Waals surface area contributed by atoms with Gasteiger partial charge in [-0.15, -0.1) is 0 Å². The first-order chi connectivity index (χ1) is 10.4. The third-order valence-corrected chi connectivity index (χ3v) is 5.44. The largest absolute Gasteiger partial charge is 0.339 e.